The number of azo groups is 1. The van der Waals surface area contributed by atoms with E-state index < -0.39 is 10.9 Å². The van der Waals surface area contributed by atoms with Crippen LogP contribution in [0.3, 0.4) is 0 Å². The summed E-state index contributed by atoms with van der Waals surface area (Å²) in [5.74, 6) is -1.28. The van der Waals surface area contributed by atoms with E-state index in [4.69, 9.17) is 0 Å². The number of nitro groups is 1. The molecular weight excluding hydrogens is 468 g/mol. The van der Waals surface area contributed by atoms with Crippen LogP contribution in [0.2, 0.25) is 0 Å². The highest BCUT2D eigenvalue weighted by Gasteiger charge is 2.18. The average molecular weight is 487 g/mol. The molecule has 174 valence electrons. The summed E-state index contributed by atoms with van der Waals surface area (Å²) in [4.78, 5) is 26.7. The van der Waals surface area contributed by atoms with Crippen LogP contribution in [0, 0.1) is 10.1 Å². The predicted molar refractivity (Wildman–Crippen MR) is 134 cm³/mol. The Hall–Kier alpha value is -4.77. The van der Waals surface area contributed by atoms with E-state index in [2.05, 4.69) is 25.7 Å². The number of hydrogen-bond donors (Lipinski definition) is 2. The third-order valence-electron chi connectivity index (χ3n) is 4.78. The standard InChI is InChI=1S/C24H18N6O4S/c31-23(32)20(14-17-6-4-5-9-22(17)30(33)34)28-29-24-25-21(15-35-24)16-10-12-19(13-11-16)27-26-18-7-2-1-3-8-18/h1-13,15H,14H2,(H,25,29)(H,31,32)/b27-26?,28-20+. The summed E-state index contributed by atoms with van der Waals surface area (Å²) < 4.78 is 0. The van der Waals surface area contributed by atoms with Crippen LogP contribution in [0.4, 0.5) is 22.2 Å². The normalized spacial score (nSPS) is 11.5. The molecule has 3 aromatic carbocycles. The first kappa shape index (κ1) is 23.4. The molecule has 0 bridgehead atoms. The smallest absolute Gasteiger partial charge is 0.352 e. The third-order valence-corrected chi connectivity index (χ3v) is 5.53. The molecule has 0 amide bonds. The van der Waals surface area contributed by atoms with E-state index in [1.54, 1.807) is 11.4 Å². The van der Waals surface area contributed by atoms with E-state index in [-0.39, 0.29) is 23.4 Å². The van der Waals surface area contributed by atoms with Crippen molar-refractivity contribution in [2.24, 2.45) is 15.3 Å². The van der Waals surface area contributed by atoms with Gasteiger partial charge in [0, 0.05) is 29.0 Å². The molecule has 0 atom stereocenters. The number of carbonyl (C=O) groups is 1. The van der Waals surface area contributed by atoms with Crippen LogP contribution < -0.4 is 5.43 Å². The van der Waals surface area contributed by atoms with Crippen molar-refractivity contribution in [3.63, 3.8) is 0 Å². The number of hydrogen-bond acceptors (Lipinski definition) is 9. The van der Waals surface area contributed by atoms with Crippen molar-refractivity contribution in [3.05, 3.63) is 99.9 Å². The molecule has 1 aromatic heterocycles. The van der Waals surface area contributed by atoms with E-state index in [1.807, 2.05) is 54.6 Å². The monoisotopic (exact) mass is 486 g/mol. The number of carboxylic acid groups (broad SMARTS) is 1. The summed E-state index contributed by atoms with van der Waals surface area (Å²) in [5, 5.41) is 35.2. The first-order valence-corrected chi connectivity index (χ1v) is 11.2. The number of nitrogens with zero attached hydrogens (tertiary/aromatic N) is 5. The maximum atomic E-state index is 11.6. The molecule has 1 heterocycles. The quantitative estimate of drug-likeness (QED) is 0.124. The van der Waals surface area contributed by atoms with Gasteiger partial charge < -0.3 is 5.11 Å². The Morgan fingerprint density at radius 2 is 1.63 bits per heavy atom. The fraction of sp³-hybridized carbons (Fsp3) is 0.0417. The average Bonchev–Trinajstić information content (AvgIpc) is 3.35. The van der Waals surface area contributed by atoms with Gasteiger partial charge in [-0.25, -0.2) is 9.78 Å². The predicted octanol–water partition coefficient (Wildman–Crippen LogP) is 6.23. The Labute approximate surface area is 203 Å². The summed E-state index contributed by atoms with van der Waals surface area (Å²) in [6.45, 7) is 0. The maximum absolute atomic E-state index is 11.6. The number of anilines is 1. The molecule has 0 saturated heterocycles. The van der Waals surface area contributed by atoms with Gasteiger partial charge >= 0.3 is 5.97 Å². The summed E-state index contributed by atoms with van der Waals surface area (Å²) in [5.41, 5.74) is 5.43. The molecule has 35 heavy (non-hydrogen) atoms. The topological polar surface area (TPSA) is 142 Å². The molecule has 0 unspecified atom stereocenters. The number of nitro benzene ring substituents is 1. The van der Waals surface area contributed by atoms with Gasteiger partial charge in [-0.2, -0.15) is 15.3 Å². The second kappa shape index (κ2) is 10.9. The molecule has 11 heteroatoms. The van der Waals surface area contributed by atoms with Gasteiger partial charge in [0.25, 0.3) is 5.69 Å². The number of carboxylic acids is 1. The Morgan fingerprint density at radius 1 is 0.971 bits per heavy atom. The lowest BCUT2D eigenvalue weighted by molar-refractivity contribution is -0.385. The van der Waals surface area contributed by atoms with Gasteiger partial charge in [-0.05, 0) is 24.3 Å². The van der Waals surface area contributed by atoms with Crippen LogP contribution in [-0.4, -0.2) is 26.7 Å². The molecule has 0 aliphatic rings. The van der Waals surface area contributed by atoms with E-state index in [0.29, 0.717) is 16.5 Å². The van der Waals surface area contributed by atoms with Crippen LogP contribution in [0.15, 0.2) is 99.6 Å². The number of aromatic nitrogens is 1. The lowest BCUT2D eigenvalue weighted by atomic mass is 10.1. The molecule has 0 spiro atoms. The van der Waals surface area contributed by atoms with Gasteiger partial charge in [-0.1, -0.05) is 48.5 Å². The van der Waals surface area contributed by atoms with Crippen LogP contribution >= 0.6 is 11.3 Å². The number of hydrazone groups is 1. The molecule has 0 aliphatic heterocycles. The number of benzene rings is 3. The second-order valence-corrected chi connectivity index (χ2v) is 8.02. The van der Waals surface area contributed by atoms with Crippen molar-refractivity contribution >= 4 is 45.2 Å². The zero-order valence-corrected chi connectivity index (χ0v) is 18.9. The van der Waals surface area contributed by atoms with Crippen LogP contribution in [0.25, 0.3) is 11.3 Å². The number of nitrogens with one attached hydrogen (secondary N) is 1. The lowest BCUT2D eigenvalue weighted by Gasteiger charge is -2.04. The molecular formula is C24H18N6O4S. The summed E-state index contributed by atoms with van der Waals surface area (Å²) >= 11 is 1.25. The molecule has 0 saturated carbocycles. The largest absolute Gasteiger partial charge is 0.477 e. The third kappa shape index (κ3) is 6.18. The van der Waals surface area contributed by atoms with Gasteiger partial charge in [-0.15, -0.1) is 11.3 Å². The Bertz CT molecular complexity index is 1400. The molecule has 0 aliphatic carbocycles. The van der Waals surface area contributed by atoms with Crippen molar-refractivity contribution in [1.29, 1.82) is 0 Å². The van der Waals surface area contributed by atoms with Crippen molar-refractivity contribution in [3.8, 4) is 11.3 Å². The first-order chi connectivity index (χ1) is 17.0. The molecule has 10 nitrogen and oxygen atoms in total. The van der Waals surface area contributed by atoms with Gasteiger partial charge in [-0.3, -0.25) is 15.5 Å². The second-order valence-electron chi connectivity index (χ2n) is 7.16. The van der Waals surface area contributed by atoms with Crippen LogP contribution in [0.1, 0.15) is 5.56 Å². The number of aliphatic carboxylic acids is 1. The molecule has 2 N–H and O–H groups in total. The van der Waals surface area contributed by atoms with Crippen molar-refractivity contribution in [2.45, 2.75) is 6.42 Å². The number of thiazole rings is 1. The summed E-state index contributed by atoms with van der Waals surface area (Å²) in [6.07, 6.45) is -0.212. The molecule has 0 radical (unpaired) electrons. The zero-order chi connectivity index (χ0) is 24.6. The van der Waals surface area contributed by atoms with Gasteiger partial charge in [0.1, 0.15) is 5.71 Å². The van der Waals surface area contributed by atoms with E-state index in [0.717, 1.165) is 11.3 Å². The first-order valence-electron chi connectivity index (χ1n) is 10.3. The molecule has 0 fully saturated rings. The fourth-order valence-electron chi connectivity index (χ4n) is 3.06. The number of rotatable bonds is 9. The van der Waals surface area contributed by atoms with Gasteiger partial charge in [0.15, 0.2) is 0 Å². The number of para-hydroxylation sites is 1. The van der Waals surface area contributed by atoms with E-state index >= 15 is 0 Å². The van der Waals surface area contributed by atoms with E-state index in [1.165, 1.54) is 29.5 Å². The Morgan fingerprint density at radius 3 is 2.31 bits per heavy atom. The van der Waals surface area contributed by atoms with Crippen LogP contribution in [0.5, 0.6) is 0 Å². The minimum absolute atomic E-state index is 0.162. The van der Waals surface area contributed by atoms with E-state index in [9.17, 15) is 20.0 Å². The molecule has 4 rings (SSSR count). The van der Waals surface area contributed by atoms with Crippen molar-refractivity contribution < 1.29 is 14.8 Å². The highest BCUT2D eigenvalue weighted by molar-refractivity contribution is 7.14. The highest BCUT2D eigenvalue weighted by Crippen LogP contribution is 2.27. The minimum atomic E-state index is -1.28. The minimum Gasteiger partial charge on any atom is -0.477 e. The van der Waals surface area contributed by atoms with Crippen LogP contribution in [-0.2, 0) is 11.2 Å². The zero-order valence-electron chi connectivity index (χ0n) is 18.1. The lowest BCUT2D eigenvalue weighted by Crippen LogP contribution is -2.18. The summed E-state index contributed by atoms with van der Waals surface area (Å²) in [6, 6.07) is 22.7. The highest BCUT2D eigenvalue weighted by atomic mass is 32.1. The summed E-state index contributed by atoms with van der Waals surface area (Å²) in [7, 11) is 0. The Balaban J connectivity index is 1.44. The Kier molecular flexibility index (Phi) is 7.28. The molecule has 4 aromatic rings. The van der Waals surface area contributed by atoms with Gasteiger partial charge in [0.05, 0.1) is 22.0 Å². The maximum Gasteiger partial charge on any atom is 0.352 e. The SMILES string of the molecule is O=C(O)/C(Cc1ccccc1[N+](=O)[O-])=N/Nc1nc(-c2ccc(N=Nc3ccccc3)cc2)cs1. The van der Waals surface area contributed by atoms with Gasteiger partial charge in [0.2, 0.25) is 5.13 Å². The fourth-order valence-corrected chi connectivity index (χ4v) is 3.73. The van der Waals surface area contributed by atoms with Crippen molar-refractivity contribution in [1.82, 2.24) is 4.98 Å². The van der Waals surface area contributed by atoms with Crippen molar-refractivity contribution in [2.75, 3.05) is 5.43 Å².